The third kappa shape index (κ3) is 5.47. The highest BCUT2D eigenvalue weighted by Gasteiger charge is 2.19. The molecule has 0 spiro atoms. The summed E-state index contributed by atoms with van der Waals surface area (Å²) in [7, 11) is 0. The van der Waals surface area contributed by atoms with E-state index < -0.39 is 5.97 Å². The molecule has 5 nitrogen and oxygen atoms in total. The molecule has 0 unspecified atom stereocenters. The molecule has 1 aliphatic carbocycles. The number of rotatable bonds is 8. The summed E-state index contributed by atoms with van der Waals surface area (Å²) in [5.41, 5.74) is 4.06. The lowest BCUT2D eigenvalue weighted by atomic mass is 9.89. The fourth-order valence-electron chi connectivity index (χ4n) is 5.01. The quantitative estimate of drug-likeness (QED) is 0.473. The van der Waals surface area contributed by atoms with Gasteiger partial charge in [-0.3, -0.25) is 9.13 Å². The molecule has 1 aromatic heterocycles. The minimum absolute atomic E-state index is 0.0801. The first-order valence-electron chi connectivity index (χ1n) is 12.1. The van der Waals surface area contributed by atoms with Crippen LogP contribution in [0.4, 0.5) is 0 Å². The number of nitrogens with zero attached hydrogens (tertiary/aromatic N) is 2. The zero-order chi connectivity index (χ0) is 23.4. The summed E-state index contributed by atoms with van der Waals surface area (Å²) in [5.74, 6) is 0.141. The summed E-state index contributed by atoms with van der Waals surface area (Å²) >= 11 is 0. The predicted molar refractivity (Wildman–Crippen MR) is 132 cm³/mol. The number of hydrogen-bond acceptors (Lipinski definition) is 2. The molecule has 3 aromatic rings. The molecule has 0 bridgehead atoms. The second-order valence-electron chi connectivity index (χ2n) is 9.79. The van der Waals surface area contributed by atoms with Crippen molar-refractivity contribution in [2.45, 2.75) is 65.5 Å². The number of carbonyl (C=O) groups is 1. The lowest BCUT2D eigenvalue weighted by Gasteiger charge is -2.21. The van der Waals surface area contributed by atoms with Crippen molar-refractivity contribution in [1.82, 2.24) is 9.13 Å². The fourth-order valence-corrected chi connectivity index (χ4v) is 5.01. The summed E-state index contributed by atoms with van der Waals surface area (Å²) in [6.45, 7) is 5.71. The number of aromatic nitrogens is 2. The van der Waals surface area contributed by atoms with Crippen molar-refractivity contribution in [3.8, 4) is 11.1 Å². The summed E-state index contributed by atoms with van der Waals surface area (Å²) < 4.78 is 3.86. The molecular weight excluding hydrogens is 412 g/mol. The van der Waals surface area contributed by atoms with Gasteiger partial charge in [0.25, 0.3) is 0 Å². The number of carboxylic acids is 1. The molecule has 0 atom stereocenters. The highest BCUT2D eigenvalue weighted by molar-refractivity contribution is 5.95. The first kappa shape index (κ1) is 23.1. The Morgan fingerprint density at radius 2 is 1.73 bits per heavy atom. The Morgan fingerprint density at radius 3 is 2.39 bits per heavy atom. The van der Waals surface area contributed by atoms with E-state index in [-0.39, 0.29) is 5.69 Å². The van der Waals surface area contributed by atoms with E-state index in [0.29, 0.717) is 29.5 Å². The van der Waals surface area contributed by atoms with Gasteiger partial charge >= 0.3 is 11.7 Å². The molecule has 4 rings (SSSR count). The van der Waals surface area contributed by atoms with Crippen molar-refractivity contribution in [3.63, 3.8) is 0 Å². The molecule has 1 fully saturated rings. The van der Waals surface area contributed by atoms with Crippen LogP contribution in [0.3, 0.4) is 0 Å². The van der Waals surface area contributed by atoms with E-state index in [1.165, 1.54) is 32.1 Å². The number of carboxylic acid groups (broad SMARTS) is 1. The Bertz CT molecular complexity index is 1150. The first-order valence-corrected chi connectivity index (χ1v) is 12.1. The van der Waals surface area contributed by atoms with E-state index in [0.717, 1.165) is 29.8 Å². The van der Waals surface area contributed by atoms with Crippen LogP contribution in [-0.2, 0) is 19.5 Å². The molecule has 1 aliphatic rings. The van der Waals surface area contributed by atoms with E-state index in [1.807, 2.05) is 45.5 Å². The summed E-state index contributed by atoms with van der Waals surface area (Å²) in [5, 5.41) is 9.49. The number of hydrogen-bond donors (Lipinski definition) is 1. The topological polar surface area (TPSA) is 64.2 Å². The van der Waals surface area contributed by atoms with Crippen molar-refractivity contribution in [1.29, 1.82) is 0 Å². The lowest BCUT2D eigenvalue weighted by Crippen LogP contribution is -2.28. The average Bonchev–Trinajstić information content (AvgIpc) is 3.08. The van der Waals surface area contributed by atoms with E-state index in [1.54, 1.807) is 12.1 Å². The first-order chi connectivity index (χ1) is 15.9. The van der Waals surface area contributed by atoms with Crippen molar-refractivity contribution < 1.29 is 9.90 Å². The van der Waals surface area contributed by atoms with Crippen molar-refractivity contribution in [2.75, 3.05) is 0 Å². The monoisotopic (exact) mass is 446 g/mol. The third-order valence-corrected chi connectivity index (χ3v) is 6.69. The normalized spacial score (nSPS) is 14.6. The maximum Gasteiger partial charge on any atom is 0.336 e. The second kappa shape index (κ2) is 10.2. The van der Waals surface area contributed by atoms with Gasteiger partial charge in [-0.05, 0) is 53.9 Å². The van der Waals surface area contributed by atoms with Gasteiger partial charge in [0.1, 0.15) is 0 Å². The van der Waals surface area contributed by atoms with Crippen LogP contribution in [0.25, 0.3) is 11.1 Å². The molecule has 0 amide bonds. The van der Waals surface area contributed by atoms with E-state index in [2.05, 4.69) is 20.0 Å². The third-order valence-electron chi connectivity index (χ3n) is 6.69. The van der Waals surface area contributed by atoms with Crippen LogP contribution in [-0.4, -0.2) is 20.2 Å². The van der Waals surface area contributed by atoms with Crippen LogP contribution in [0.1, 0.15) is 67.6 Å². The highest BCUT2D eigenvalue weighted by Crippen LogP contribution is 2.26. The maximum atomic E-state index is 13.3. The van der Waals surface area contributed by atoms with E-state index in [9.17, 15) is 14.7 Å². The molecule has 0 aliphatic heterocycles. The maximum absolute atomic E-state index is 13.3. The van der Waals surface area contributed by atoms with Crippen LogP contribution in [0.15, 0.2) is 59.5 Å². The molecular formula is C28H34N2O3. The Balaban J connectivity index is 1.59. The molecule has 2 aromatic carbocycles. The number of imidazole rings is 1. The Kier molecular flexibility index (Phi) is 7.17. The molecule has 174 valence electrons. The van der Waals surface area contributed by atoms with Gasteiger partial charge in [-0.25, -0.2) is 9.59 Å². The van der Waals surface area contributed by atoms with Gasteiger partial charge in [0.15, 0.2) is 0 Å². The van der Waals surface area contributed by atoms with Gasteiger partial charge in [0.05, 0.1) is 12.1 Å². The number of aromatic carboxylic acids is 1. The van der Waals surface area contributed by atoms with Gasteiger partial charge in [0, 0.05) is 18.4 Å². The average molecular weight is 447 g/mol. The molecule has 5 heteroatoms. The highest BCUT2D eigenvalue weighted by atomic mass is 16.4. The molecule has 1 N–H and O–H groups in total. The lowest BCUT2D eigenvalue weighted by molar-refractivity contribution is 0.0697. The van der Waals surface area contributed by atoms with E-state index >= 15 is 0 Å². The Labute approximate surface area is 195 Å². The largest absolute Gasteiger partial charge is 0.478 e. The minimum atomic E-state index is -0.932. The van der Waals surface area contributed by atoms with Crippen LogP contribution in [0.5, 0.6) is 0 Å². The van der Waals surface area contributed by atoms with Crippen LogP contribution in [0.2, 0.25) is 0 Å². The van der Waals surface area contributed by atoms with Crippen LogP contribution < -0.4 is 5.69 Å². The van der Waals surface area contributed by atoms with Gasteiger partial charge < -0.3 is 5.11 Å². The second-order valence-corrected chi connectivity index (χ2v) is 9.79. The minimum Gasteiger partial charge on any atom is -0.478 e. The van der Waals surface area contributed by atoms with Gasteiger partial charge in [0.2, 0.25) is 0 Å². The summed E-state index contributed by atoms with van der Waals surface area (Å²) in [6.07, 6.45) is 9.25. The standard InChI is InChI=1S/C28H34N2O3/c1-20(2)16-24-19-29(17-21-8-4-3-5-9-21)28(33)30(24)18-22-12-14-23(15-13-22)25-10-6-7-11-26(25)27(31)32/h6-7,10-15,19-21H,3-5,8-9,16-18H2,1-2H3,(H,31,32). The molecule has 33 heavy (non-hydrogen) atoms. The predicted octanol–water partition coefficient (Wildman–Crippen LogP) is 5.84. The van der Waals surface area contributed by atoms with Gasteiger partial charge in [-0.15, -0.1) is 0 Å². The van der Waals surface area contributed by atoms with E-state index in [4.69, 9.17) is 0 Å². The van der Waals surface area contributed by atoms with Crippen LogP contribution in [0, 0.1) is 11.8 Å². The summed E-state index contributed by atoms with van der Waals surface area (Å²) in [4.78, 5) is 24.9. The number of benzene rings is 2. The van der Waals surface area contributed by atoms with Gasteiger partial charge in [-0.2, -0.15) is 0 Å². The Morgan fingerprint density at radius 1 is 1.03 bits per heavy atom. The molecule has 1 heterocycles. The summed E-state index contributed by atoms with van der Waals surface area (Å²) in [6, 6.07) is 14.9. The van der Waals surface area contributed by atoms with Crippen molar-refractivity contribution in [3.05, 3.63) is 82.0 Å². The zero-order valence-electron chi connectivity index (χ0n) is 19.7. The van der Waals surface area contributed by atoms with Crippen LogP contribution >= 0.6 is 0 Å². The SMILES string of the molecule is CC(C)Cc1cn(CC2CCCCC2)c(=O)n1Cc1ccc(-c2ccccc2C(=O)O)cc1. The molecule has 0 saturated heterocycles. The van der Waals surface area contributed by atoms with Crippen molar-refractivity contribution in [2.24, 2.45) is 11.8 Å². The molecule has 0 radical (unpaired) electrons. The van der Waals surface area contributed by atoms with Gasteiger partial charge in [-0.1, -0.05) is 75.6 Å². The molecule has 1 saturated carbocycles. The fraction of sp³-hybridized carbons (Fsp3) is 0.429. The van der Waals surface area contributed by atoms with Crippen molar-refractivity contribution >= 4 is 5.97 Å². The zero-order valence-corrected chi connectivity index (χ0v) is 19.7. The Hall–Kier alpha value is -3.08. The smallest absolute Gasteiger partial charge is 0.336 e.